The molecule has 0 bridgehead atoms. The second-order valence-electron chi connectivity index (χ2n) is 2.66. The Hall–Kier alpha value is -0.865. The SMILES string of the molecule is CCCc1ncccc1B(O)O. The lowest BCUT2D eigenvalue weighted by Crippen LogP contribution is -2.33. The van der Waals surface area contributed by atoms with Gasteiger partial charge in [0.1, 0.15) is 0 Å². The molecule has 0 amide bonds. The van der Waals surface area contributed by atoms with Crippen LogP contribution in [0.4, 0.5) is 0 Å². The Morgan fingerprint density at radius 2 is 2.25 bits per heavy atom. The first-order chi connectivity index (χ1) is 5.75. The van der Waals surface area contributed by atoms with Crippen LogP contribution in [-0.4, -0.2) is 22.2 Å². The van der Waals surface area contributed by atoms with Crippen molar-refractivity contribution in [1.29, 1.82) is 0 Å². The highest BCUT2D eigenvalue weighted by molar-refractivity contribution is 6.59. The van der Waals surface area contributed by atoms with Gasteiger partial charge in [0.05, 0.1) is 0 Å². The average molecular weight is 165 g/mol. The first-order valence-electron chi connectivity index (χ1n) is 4.05. The Morgan fingerprint density at radius 1 is 1.50 bits per heavy atom. The molecule has 0 spiro atoms. The molecule has 0 radical (unpaired) electrons. The highest BCUT2D eigenvalue weighted by Crippen LogP contribution is 1.96. The molecule has 0 saturated carbocycles. The van der Waals surface area contributed by atoms with E-state index in [0.717, 1.165) is 18.5 Å². The molecule has 2 N–H and O–H groups in total. The van der Waals surface area contributed by atoms with Crippen molar-refractivity contribution in [3.63, 3.8) is 0 Å². The summed E-state index contributed by atoms with van der Waals surface area (Å²) in [6, 6.07) is 3.39. The number of hydrogen-bond acceptors (Lipinski definition) is 3. The normalized spacial score (nSPS) is 9.92. The van der Waals surface area contributed by atoms with Crippen molar-refractivity contribution < 1.29 is 10.0 Å². The molecule has 64 valence electrons. The fourth-order valence-corrected chi connectivity index (χ4v) is 1.13. The zero-order chi connectivity index (χ0) is 8.97. The lowest BCUT2D eigenvalue weighted by molar-refractivity contribution is 0.425. The van der Waals surface area contributed by atoms with Gasteiger partial charge in [-0.1, -0.05) is 19.4 Å². The van der Waals surface area contributed by atoms with Crippen LogP contribution in [-0.2, 0) is 6.42 Å². The predicted octanol–water partition coefficient (Wildman–Crippen LogP) is -0.286. The third-order valence-corrected chi connectivity index (χ3v) is 1.69. The molecule has 0 aliphatic rings. The second-order valence-corrected chi connectivity index (χ2v) is 2.66. The number of aromatic nitrogens is 1. The van der Waals surface area contributed by atoms with Crippen LogP contribution >= 0.6 is 0 Å². The molecule has 0 aromatic carbocycles. The molecular formula is C8H12BNO2. The largest absolute Gasteiger partial charge is 0.490 e. The van der Waals surface area contributed by atoms with Gasteiger partial charge in [-0.3, -0.25) is 4.98 Å². The van der Waals surface area contributed by atoms with E-state index in [1.807, 2.05) is 6.92 Å². The summed E-state index contributed by atoms with van der Waals surface area (Å²) in [6.45, 7) is 2.03. The van der Waals surface area contributed by atoms with Crippen molar-refractivity contribution in [2.24, 2.45) is 0 Å². The minimum atomic E-state index is -1.40. The average Bonchev–Trinajstić information content (AvgIpc) is 2.05. The Labute approximate surface area is 72.2 Å². The summed E-state index contributed by atoms with van der Waals surface area (Å²) in [5, 5.41) is 17.9. The predicted molar refractivity (Wildman–Crippen MR) is 48.1 cm³/mol. The number of aryl methyl sites for hydroxylation is 1. The molecule has 1 rings (SSSR count). The van der Waals surface area contributed by atoms with Crippen LogP contribution in [0.2, 0.25) is 0 Å². The molecule has 1 aromatic heterocycles. The van der Waals surface area contributed by atoms with E-state index in [1.54, 1.807) is 18.3 Å². The van der Waals surface area contributed by atoms with Gasteiger partial charge in [0.2, 0.25) is 0 Å². The maximum atomic E-state index is 8.95. The summed E-state index contributed by atoms with van der Waals surface area (Å²) in [5.41, 5.74) is 1.29. The molecule has 1 aromatic rings. The highest BCUT2D eigenvalue weighted by atomic mass is 16.4. The maximum Gasteiger partial charge on any atom is 0.490 e. The Morgan fingerprint density at radius 3 is 2.83 bits per heavy atom. The van der Waals surface area contributed by atoms with Gasteiger partial charge >= 0.3 is 7.12 Å². The van der Waals surface area contributed by atoms with Gasteiger partial charge in [0.15, 0.2) is 0 Å². The lowest BCUT2D eigenvalue weighted by atomic mass is 9.78. The fraction of sp³-hybridized carbons (Fsp3) is 0.375. The van der Waals surface area contributed by atoms with Gasteiger partial charge in [-0.05, 0) is 12.5 Å². The van der Waals surface area contributed by atoms with Crippen molar-refractivity contribution in [2.45, 2.75) is 19.8 Å². The minimum absolute atomic E-state index is 0.513. The molecule has 12 heavy (non-hydrogen) atoms. The molecular weight excluding hydrogens is 153 g/mol. The fourth-order valence-electron chi connectivity index (χ4n) is 1.13. The van der Waals surface area contributed by atoms with E-state index in [-0.39, 0.29) is 0 Å². The molecule has 0 aliphatic carbocycles. The van der Waals surface area contributed by atoms with Crippen LogP contribution in [0.25, 0.3) is 0 Å². The van der Waals surface area contributed by atoms with E-state index in [9.17, 15) is 0 Å². The Kier molecular flexibility index (Phi) is 3.25. The summed E-state index contributed by atoms with van der Waals surface area (Å²) in [7, 11) is -1.40. The zero-order valence-electron chi connectivity index (χ0n) is 7.07. The van der Waals surface area contributed by atoms with Gasteiger partial charge in [-0.2, -0.15) is 0 Å². The van der Waals surface area contributed by atoms with Crippen LogP contribution < -0.4 is 5.46 Å². The first-order valence-corrected chi connectivity index (χ1v) is 4.05. The molecule has 0 unspecified atom stereocenters. The van der Waals surface area contributed by atoms with Gasteiger partial charge in [0.25, 0.3) is 0 Å². The first kappa shape index (κ1) is 9.22. The van der Waals surface area contributed by atoms with Crippen LogP contribution in [0.1, 0.15) is 19.0 Å². The van der Waals surface area contributed by atoms with Crippen LogP contribution in [0.3, 0.4) is 0 Å². The zero-order valence-corrected chi connectivity index (χ0v) is 7.07. The van der Waals surface area contributed by atoms with Gasteiger partial charge in [-0.25, -0.2) is 0 Å². The number of hydrogen-bond donors (Lipinski definition) is 2. The van der Waals surface area contributed by atoms with Crippen molar-refractivity contribution >= 4 is 12.6 Å². The van der Waals surface area contributed by atoms with E-state index >= 15 is 0 Å². The van der Waals surface area contributed by atoms with E-state index in [4.69, 9.17) is 10.0 Å². The van der Waals surface area contributed by atoms with Gasteiger partial charge < -0.3 is 10.0 Å². The molecule has 1 heterocycles. The van der Waals surface area contributed by atoms with Crippen molar-refractivity contribution in [1.82, 2.24) is 4.98 Å². The lowest BCUT2D eigenvalue weighted by Gasteiger charge is -2.04. The quantitative estimate of drug-likeness (QED) is 0.605. The van der Waals surface area contributed by atoms with E-state index in [0.29, 0.717) is 5.46 Å². The monoisotopic (exact) mass is 165 g/mol. The number of nitrogens with zero attached hydrogens (tertiary/aromatic N) is 1. The smallest absolute Gasteiger partial charge is 0.423 e. The Bertz CT molecular complexity index is 253. The Balaban J connectivity index is 2.92. The molecule has 4 heteroatoms. The number of pyridine rings is 1. The standard InChI is InChI=1S/C8H12BNO2/c1-2-4-8-7(9(11)12)5-3-6-10-8/h3,5-6,11-12H,2,4H2,1H3. The van der Waals surface area contributed by atoms with E-state index in [2.05, 4.69) is 4.98 Å². The number of rotatable bonds is 3. The summed E-state index contributed by atoms with van der Waals surface area (Å²) >= 11 is 0. The van der Waals surface area contributed by atoms with Crippen molar-refractivity contribution in [3.05, 3.63) is 24.0 Å². The maximum absolute atomic E-state index is 8.95. The molecule has 0 saturated heterocycles. The summed E-state index contributed by atoms with van der Waals surface area (Å²) < 4.78 is 0. The van der Waals surface area contributed by atoms with Gasteiger partial charge in [0, 0.05) is 17.4 Å². The van der Waals surface area contributed by atoms with Crippen LogP contribution in [0.15, 0.2) is 18.3 Å². The van der Waals surface area contributed by atoms with Crippen molar-refractivity contribution in [3.8, 4) is 0 Å². The van der Waals surface area contributed by atoms with Crippen molar-refractivity contribution in [2.75, 3.05) is 0 Å². The molecule has 3 nitrogen and oxygen atoms in total. The minimum Gasteiger partial charge on any atom is -0.423 e. The van der Waals surface area contributed by atoms with Gasteiger partial charge in [-0.15, -0.1) is 0 Å². The molecule has 0 aliphatic heterocycles. The van der Waals surface area contributed by atoms with E-state index in [1.165, 1.54) is 0 Å². The molecule has 0 fully saturated rings. The summed E-state index contributed by atoms with van der Waals surface area (Å²) in [4.78, 5) is 4.07. The summed E-state index contributed by atoms with van der Waals surface area (Å²) in [6.07, 6.45) is 3.40. The highest BCUT2D eigenvalue weighted by Gasteiger charge is 2.15. The topological polar surface area (TPSA) is 53.4 Å². The third-order valence-electron chi connectivity index (χ3n) is 1.69. The summed E-state index contributed by atoms with van der Waals surface area (Å²) in [5.74, 6) is 0. The third kappa shape index (κ3) is 2.06. The molecule has 0 atom stereocenters. The van der Waals surface area contributed by atoms with Crippen LogP contribution in [0, 0.1) is 0 Å². The second kappa shape index (κ2) is 4.23. The van der Waals surface area contributed by atoms with E-state index < -0.39 is 7.12 Å². The van der Waals surface area contributed by atoms with Crippen LogP contribution in [0.5, 0.6) is 0 Å².